The summed E-state index contributed by atoms with van der Waals surface area (Å²) in [7, 11) is 0. The number of pyridine rings is 1. The van der Waals surface area contributed by atoms with Crippen LogP contribution >= 0.6 is 11.6 Å². The molecule has 0 aliphatic heterocycles. The highest BCUT2D eigenvalue weighted by Crippen LogP contribution is 2.29. The molecule has 152 valence electrons. The summed E-state index contributed by atoms with van der Waals surface area (Å²) >= 11 is 5.98. The van der Waals surface area contributed by atoms with Crippen molar-refractivity contribution < 1.29 is 24.2 Å². The molecule has 0 amide bonds. The minimum absolute atomic E-state index is 0.0984. The van der Waals surface area contributed by atoms with Gasteiger partial charge in [0.1, 0.15) is 17.4 Å². The predicted molar refractivity (Wildman–Crippen MR) is 111 cm³/mol. The molecular weight excluding hydrogens is 394 g/mol. The zero-order valence-corrected chi connectivity index (χ0v) is 16.9. The topological polar surface area (TPSA) is 85.7 Å². The van der Waals surface area contributed by atoms with Gasteiger partial charge in [0.25, 0.3) is 0 Å². The fourth-order valence-corrected chi connectivity index (χ4v) is 2.84. The molecule has 0 spiro atoms. The van der Waals surface area contributed by atoms with E-state index in [9.17, 15) is 9.59 Å². The Kier molecular flexibility index (Phi) is 8.43. The minimum atomic E-state index is -1.03. The van der Waals surface area contributed by atoms with E-state index < -0.39 is 12.6 Å². The molecule has 0 saturated carbocycles. The van der Waals surface area contributed by atoms with Crippen molar-refractivity contribution in [1.82, 2.24) is 4.98 Å². The van der Waals surface area contributed by atoms with Crippen LogP contribution in [-0.4, -0.2) is 28.6 Å². The molecule has 0 saturated heterocycles. The Labute approximate surface area is 174 Å². The molecule has 0 aliphatic rings. The minimum Gasteiger partial charge on any atom is -0.480 e. The highest BCUT2D eigenvalue weighted by Gasteiger charge is 2.11. The van der Waals surface area contributed by atoms with Crippen LogP contribution in [0.15, 0.2) is 60.8 Å². The molecule has 3 aromatic rings. The maximum absolute atomic E-state index is 10.8. The Morgan fingerprint density at radius 1 is 1.10 bits per heavy atom. The molecule has 1 aromatic heterocycles. The summed E-state index contributed by atoms with van der Waals surface area (Å²) < 4.78 is 10.3. The lowest BCUT2D eigenvalue weighted by atomic mass is 10.1. The van der Waals surface area contributed by atoms with Crippen LogP contribution in [0.4, 0.5) is 0 Å². The van der Waals surface area contributed by atoms with Gasteiger partial charge >= 0.3 is 11.9 Å². The number of carbonyl (C=O) groups excluding carboxylic acids is 1. The third-order valence-corrected chi connectivity index (χ3v) is 4.21. The van der Waals surface area contributed by atoms with Crippen LogP contribution in [0.5, 0.6) is 5.75 Å². The van der Waals surface area contributed by atoms with E-state index in [1.165, 1.54) is 6.92 Å². The third-order valence-electron chi connectivity index (χ3n) is 3.88. The van der Waals surface area contributed by atoms with Gasteiger partial charge in [-0.2, -0.15) is 0 Å². The first-order chi connectivity index (χ1) is 13.9. The van der Waals surface area contributed by atoms with Gasteiger partial charge in [-0.1, -0.05) is 48.9 Å². The molecule has 29 heavy (non-hydrogen) atoms. The maximum Gasteiger partial charge on any atom is 0.341 e. The normalized spacial score (nSPS) is 11.1. The quantitative estimate of drug-likeness (QED) is 0.567. The predicted octanol–water partition coefficient (Wildman–Crippen LogP) is 5.05. The molecule has 0 aliphatic carbocycles. The highest BCUT2D eigenvalue weighted by molar-refractivity contribution is 6.35. The summed E-state index contributed by atoms with van der Waals surface area (Å²) in [5, 5.41) is 9.83. The molecule has 0 bridgehead atoms. The first-order valence-corrected chi connectivity index (χ1v) is 9.40. The zero-order chi connectivity index (χ0) is 21.2. The number of aliphatic carboxylic acids is 1. The van der Waals surface area contributed by atoms with Crippen molar-refractivity contribution in [2.45, 2.75) is 26.4 Å². The molecular formula is C22H22ClNO5. The summed E-state index contributed by atoms with van der Waals surface area (Å²) in [6.45, 7) is 3.04. The molecule has 1 N–H and O–H groups in total. The molecule has 7 heteroatoms. The number of aromatic nitrogens is 1. The van der Waals surface area contributed by atoms with Crippen molar-refractivity contribution in [1.29, 1.82) is 0 Å². The van der Waals surface area contributed by atoms with E-state index in [4.69, 9.17) is 26.2 Å². The van der Waals surface area contributed by atoms with E-state index in [1.54, 1.807) is 30.5 Å². The van der Waals surface area contributed by atoms with Crippen LogP contribution in [0.3, 0.4) is 0 Å². The van der Waals surface area contributed by atoms with Crippen LogP contribution in [0.25, 0.3) is 10.9 Å². The number of benzene rings is 2. The van der Waals surface area contributed by atoms with Crippen molar-refractivity contribution in [2.75, 3.05) is 6.61 Å². The van der Waals surface area contributed by atoms with E-state index in [2.05, 4.69) is 4.98 Å². The number of rotatable bonds is 6. The Morgan fingerprint density at radius 3 is 2.45 bits per heavy atom. The van der Waals surface area contributed by atoms with Gasteiger partial charge in [0.05, 0.1) is 5.02 Å². The van der Waals surface area contributed by atoms with Crippen LogP contribution in [-0.2, 0) is 14.3 Å². The molecule has 0 fully saturated rings. The number of carboxylic acid groups (broad SMARTS) is 1. The zero-order valence-electron chi connectivity index (χ0n) is 16.2. The smallest absolute Gasteiger partial charge is 0.341 e. The number of esters is 1. The number of hydrogen-bond acceptors (Lipinski definition) is 5. The number of nitrogens with zero attached hydrogens (tertiary/aromatic N) is 1. The number of ether oxygens (including phenoxy) is 2. The lowest BCUT2D eigenvalue weighted by molar-refractivity contribution is -0.147. The number of halogens is 1. The molecule has 2 aromatic carbocycles. The molecule has 1 atom stereocenters. The molecule has 1 heterocycles. The Balaban J connectivity index is 0.000000212. The first kappa shape index (κ1) is 22.2. The van der Waals surface area contributed by atoms with Gasteiger partial charge in [-0.25, -0.2) is 4.79 Å². The second-order valence-corrected chi connectivity index (χ2v) is 6.45. The highest BCUT2D eigenvalue weighted by atomic mass is 35.5. The fourth-order valence-electron chi connectivity index (χ4n) is 2.62. The van der Waals surface area contributed by atoms with E-state index in [-0.39, 0.29) is 12.1 Å². The van der Waals surface area contributed by atoms with Gasteiger partial charge in [-0.15, -0.1) is 0 Å². The van der Waals surface area contributed by atoms with Gasteiger partial charge in [0.2, 0.25) is 0 Å². The summed E-state index contributed by atoms with van der Waals surface area (Å²) in [6, 6.07) is 16.6. The van der Waals surface area contributed by atoms with Crippen molar-refractivity contribution in [3.8, 4) is 5.75 Å². The largest absolute Gasteiger partial charge is 0.480 e. The number of carboxylic acids is 1. The Morgan fingerprint density at radius 2 is 1.83 bits per heavy atom. The van der Waals surface area contributed by atoms with E-state index >= 15 is 0 Å². The van der Waals surface area contributed by atoms with E-state index in [0.717, 1.165) is 17.4 Å². The van der Waals surface area contributed by atoms with Crippen molar-refractivity contribution in [3.05, 3.63) is 71.4 Å². The second-order valence-electron chi connectivity index (χ2n) is 6.04. The fraction of sp³-hybridized carbons (Fsp3) is 0.227. The van der Waals surface area contributed by atoms with Gasteiger partial charge in [0, 0.05) is 18.5 Å². The third kappa shape index (κ3) is 6.76. The lowest BCUT2D eigenvalue weighted by Gasteiger charge is -2.14. The Bertz CT molecular complexity index is 962. The standard InChI is InChI=1S/C11H8ClNO3.C11H14O2/c12-8-3-4-9(16-6-10(14)15)11-7(8)2-1-5-13-11;1-3-11(13-9(2)12)10-7-5-4-6-8-10/h1-5H,6H2,(H,14,15);4-8,11H,3H2,1-2H3. The Hall–Kier alpha value is -3.12. The number of hydrogen-bond donors (Lipinski definition) is 1. The lowest BCUT2D eigenvalue weighted by Crippen LogP contribution is -2.09. The van der Waals surface area contributed by atoms with Gasteiger partial charge in [-0.05, 0) is 36.2 Å². The van der Waals surface area contributed by atoms with Crippen LogP contribution in [0.2, 0.25) is 5.02 Å². The van der Waals surface area contributed by atoms with Crippen LogP contribution in [0.1, 0.15) is 31.9 Å². The molecule has 3 rings (SSSR count). The summed E-state index contributed by atoms with van der Waals surface area (Å²) in [5.41, 5.74) is 1.62. The number of fused-ring (bicyclic) bond motifs is 1. The van der Waals surface area contributed by atoms with E-state index in [0.29, 0.717) is 16.3 Å². The molecule has 0 radical (unpaired) electrons. The van der Waals surface area contributed by atoms with Gasteiger partial charge in [-0.3, -0.25) is 9.78 Å². The van der Waals surface area contributed by atoms with Gasteiger partial charge in [0.15, 0.2) is 6.61 Å². The van der Waals surface area contributed by atoms with Crippen molar-refractivity contribution in [2.24, 2.45) is 0 Å². The average Bonchev–Trinajstić information content (AvgIpc) is 2.72. The molecule has 6 nitrogen and oxygen atoms in total. The van der Waals surface area contributed by atoms with Crippen LogP contribution in [0, 0.1) is 0 Å². The number of carbonyl (C=O) groups is 2. The second kappa shape index (κ2) is 11.0. The maximum atomic E-state index is 10.8. The summed E-state index contributed by atoms with van der Waals surface area (Å²) in [5.74, 6) is -0.836. The summed E-state index contributed by atoms with van der Waals surface area (Å²) in [4.78, 5) is 25.3. The SMILES string of the molecule is CCC(OC(C)=O)c1ccccc1.O=C(O)COc1ccc(Cl)c2cccnc12. The summed E-state index contributed by atoms with van der Waals surface area (Å²) in [6.07, 6.45) is 2.31. The van der Waals surface area contributed by atoms with Gasteiger partial charge < -0.3 is 14.6 Å². The van der Waals surface area contributed by atoms with Crippen LogP contribution < -0.4 is 4.74 Å². The van der Waals surface area contributed by atoms with Crippen molar-refractivity contribution >= 4 is 34.4 Å². The first-order valence-electron chi connectivity index (χ1n) is 9.02. The van der Waals surface area contributed by atoms with Crippen molar-refractivity contribution in [3.63, 3.8) is 0 Å². The van der Waals surface area contributed by atoms with E-state index in [1.807, 2.05) is 37.3 Å². The average molecular weight is 416 g/mol. The monoisotopic (exact) mass is 415 g/mol. The molecule has 1 unspecified atom stereocenters.